The highest BCUT2D eigenvalue weighted by Crippen LogP contribution is 2.26. The summed E-state index contributed by atoms with van der Waals surface area (Å²) in [6.45, 7) is 2.39. The summed E-state index contributed by atoms with van der Waals surface area (Å²) in [7, 11) is 1.58. The van der Waals surface area contributed by atoms with Gasteiger partial charge < -0.3 is 15.5 Å². The molecule has 3 amide bonds. The number of aromatic nitrogens is 2. The number of benzene rings is 2. The molecule has 2 aromatic carbocycles. The summed E-state index contributed by atoms with van der Waals surface area (Å²) >= 11 is 6.14. The molecule has 9 heteroatoms. The van der Waals surface area contributed by atoms with Crippen molar-refractivity contribution in [3.63, 3.8) is 0 Å². The van der Waals surface area contributed by atoms with Crippen molar-refractivity contribution in [2.75, 3.05) is 7.05 Å². The molecule has 0 fully saturated rings. The molecule has 0 unspecified atom stereocenters. The molecule has 170 valence electrons. The molecule has 8 nitrogen and oxygen atoms in total. The van der Waals surface area contributed by atoms with Crippen molar-refractivity contribution in [1.82, 2.24) is 25.3 Å². The molecule has 1 aliphatic rings. The second-order valence-corrected chi connectivity index (χ2v) is 8.56. The molecule has 0 spiro atoms. The minimum atomic E-state index is -1.16. The average molecular weight is 466 g/mol. The molecule has 3 aromatic rings. The number of carbonyl (C=O) groups is 3. The van der Waals surface area contributed by atoms with Crippen molar-refractivity contribution in [1.29, 1.82) is 0 Å². The fourth-order valence-electron chi connectivity index (χ4n) is 3.71. The van der Waals surface area contributed by atoms with Gasteiger partial charge >= 0.3 is 0 Å². The van der Waals surface area contributed by atoms with E-state index in [0.717, 1.165) is 11.1 Å². The van der Waals surface area contributed by atoms with E-state index in [-0.39, 0.29) is 36.3 Å². The Labute approximate surface area is 196 Å². The highest BCUT2D eigenvalue weighted by molar-refractivity contribution is 6.31. The number of hydrogen-bond donors (Lipinski definition) is 2. The summed E-state index contributed by atoms with van der Waals surface area (Å²) in [4.78, 5) is 40.1. The molecule has 0 aliphatic carbocycles. The molecule has 0 saturated carbocycles. The molecular weight excluding hydrogens is 442 g/mol. The van der Waals surface area contributed by atoms with Gasteiger partial charge in [0.05, 0.1) is 6.54 Å². The van der Waals surface area contributed by atoms with Gasteiger partial charge in [0, 0.05) is 31.2 Å². The number of amides is 3. The van der Waals surface area contributed by atoms with Gasteiger partial charge in [-0.15, -0.1) is 0 Å². The lowest BCUT2D eigenvalue weighted by molar-refractivity contribution is -0.132. The Bertz CT molecular complexity index is 1210. The van der Waals surface area contributed by atoms with Gasteiger partial charge in [-0.2, -0.15) is 5.10 Å². The van der Waals surface area contributed by atoms with Crippen LogP contribution >= 0.6 is 11.6 Å². The van der Waals surface area contributed by atoms with Crippen molar-refractivity contribution >= 4 is 29.3 Å². The first-order chi connectivity index (χ1) is 15.8. The van der Waals surface area contributed by atoms with Crippen LogP contribution in [0.25, 0.3) is 0 Å². The lowest BCUT2D eigenvalue weighted by Gasteiger charge is -2.40. The summed E-state index contributed by atoms with van der Waals surface area (Å²) in [6, 6.07) is 18.2. The summed E-state index contributed by atoms with van der Waals surface area (Å²) in [5.74, 6) is -1.10. The van der Waals surface area contributed by atoms with Crippen LogP contribution in [-0.4, -0.2) is 45.0 Å². The van der Waals surface area contributed by atoms with E-state index in [9.17, 15) is 14.4 Å². The molecule has 4 rings (SSSR count). The largest absolute Gasteiger partial charge is 0.350 e. The molecule has 2 N–H and O–H groups in total. The fourth-order valence-corrected chi connectivity index (χ4v) is 3.92. The van der Waals surface area contributed by atoms with Gasteiger partial charge in [-0.3, -0.25) is 19.1 Å². The van der Waals surface area contributed by atoms with Crippen LogP contribution in [-0.2, 0) is 24.4 Å². The van der Waals surface area contributed by atoms with Gasteiger partial charge in [0.15, 0.2) is 5.69 Å². The standard InChI is InChI=1S/C24H24ClN5O3/c1-24(23(33)27-13-16-8-4-3-5-9-16)15-30-20(22(32)29(24)2)12-19(28-30)21(31)26-14-17-10-6-7-11-18(17)25/h3-12H,13-15H2,1-2H3,(H,26,31)(H,27,33)/t24-/m0/s1. The summed E-state index contributed by atoms with van der Waals surface area (Å²) in [5, 5.41) is 10.5. The van der Waals surface area contributed by atoms with Crippen LogP contribution in [0.15, 0.2) is 60.7 Å². The number of carbonyl (C=O) groups excluding carboxylic acids is 3. The Hall–Kier alpha value is -3.65. The minimum absolute atomic E-state index is 0.104. The van der Waals surface area contributed by atoms with Gasteiger partial charge in [-0.05, 0) is 24.1 Å². The van der Waals surface area contributed by atoms with Crippen LogP contribution < -0.4 is 10.6 Å². The number of fused-ring (bicyclic) bond motifs is 1. The topological polar surface area (TPSA) is 96.3 Å². The zero-order chi connectivity index (χ0) is 23.6. The maximum absolute atomic E-state index is 13.1. The maximum Gasteiger partial charge on any atom is 0.272 e. The summed E-state index contributed by atoms with van der Waals surface area (Å²) in [6.07, 6.45) is 0. The highest BCUT2D eigenvalue weighted by atomic mass is 35.5. The molecule has 0 bridgehead atoms. The zero-order valence-electron chi connectivity index (χ0n) is 18.3. The predicted molar refractivity (Wildman–Crippen MR) is 124 cm³/mol. The van der Waals surface area contributed by atoms with Crippen molar-refractivity contribution < 1.29 is 14.4 Å². The zero-order valence-corrected chi connectivity index (χ0v) is 19.1. The third-order valence-corrected chi connectivity index (χ3v) is 6.29. The Kier molecular flexibility index (Phi) is 6.20. The van der Waals surface area contributed by atoms with Gasteiger partial charge in [0.25, 0.3) is 11.8 Å². The van der Waals surface area contributed by atoms with Gasteiger partial charge in [-0.25, -0.2) is 0 Å². The first-order valence-corrected chi connectivity index (χ1v) is 10.9. The first-order valence-electron chi connectivity index (χ1n) is 10.5. The highest BCUT2D eigenvalue weighted by Gasteiger charge is 2.46. The average Bonchev–Trinajstić information content (AvgIpc) is 3.25. The van der Waals surface area contributed by atoms with Crippen LogP contribution in [0.4, 0.5) is 0 Å². The van der Waals surface area contributed by atoms with E-state index in [1.165, 1.54) is 15.6 Å². The SMILES string of the molecule is CN1C(=O)c2cc(C(=O)NCc3ccccc3Cl)nn2C[C@@]1(C)C(=O)NCc1ccccc1. The number of halogens is 1. The Morgan fingerprint density at radius 1 is 1.06 bits per heavy atom. The van der Waals surface area contributed by atoms with E-state index >= 15 is 0 Å². The van der Waals surface area contributed by atoms with Gasteiger partial charge in [0.1, 0.15) is 11.2 Å². The Morgan fingerprint density at radius 2 is 1.76 bits per heavy atom. The summed E-state index contributed by atoms with van der Waals surface area (Å²) in [5.41, 5.74) is 0.934. The Morgan fingerprint density at radius 3 is 2.48 bits per heavy atom. The third kappa shape index (κ3) is 4.47. The molecule has 0 radical (unpaired) electrons. The lowest BCUT2D eigenvalue weighted by atomic mass is 9.96. The van der Waals surface area contributed by atoms with Crippen LogP contribution in [0.5, 0.6) is 0 Å². The molecule has 1 aliphatic heterocycles. The quantitative estimate of drug-likeness (QED) is 0.585. The number of nitrogens with zero attached hydrogens (tertiary/aromatic N) is 3. The van der Waals surface area contributed by atoms with E-state index < -0.39 is 11.4 Å². The molecule has 1 aromatic heterocycles. The second-order valence-electron chi connectivity index (χ2n) is 8.15. The number of hydrogen-bond acceptors (Lipinski definition) is 4. The van der Waals surface area contributed by atoms with E-state index in [0.29, 0.717) is 11.6 Å². The van der Waals surface area contributed by atoms with Crippen molar-refractivity contribution in [3.8, 4) is 0 Å². The van der Waals surface area contributed by atoms with Crippen LogP contribution in [0.2, 0.25) is 5.02 Å². The van der Waals surface area contributed by atoms with E-state index in [1.54, 1.807) is 20.0 Å². The molecule has 33 heavy (non-hydrogen) atoms. The number of rotatable bonds is 6. The third-order valence-electron chi connectivity index (χ3n) is 5.92. The van der Waals surface area contributed by atoms with Crippen molar-refractivity contribution in [2.24, 2.45) is 0 Å². The molecule has 2 heterocycles. The normalized spacial score (nSPS) is 17.4. The second kappa shape index (κ2) is 9.07. The van der Waals surface area contributed by atoms with Gasteiger partial charge in [0.2, 0.25) is 5.91 Å². The predicted octanol–water partition coefficient (Wildman–Crippen LogP) is 2.63. The van der Waals surface area contributed by atoms with E-state index in [2.05, 4.69) is 15.7 Å². The maximum atomic E-state index is 13.1. The minimum Gasteiger partial charge on any atom is -0.350 e. The molecule has 0 saturated heterocycles. The first kappa shape index (κ1) is 22.5. The fraction of sp³-hybridized carbons (Fsp3) is 0.250. The lowest BCUT2D eigenvalue weighted by Crippen LogP contribution is -2.62. The van der Waals surface area contributed by atoms with Crippen molar-refractivity contribution in [3.05, 3.63) is 88.2 Å². The summed E-state index contributed by atoms with van der Waals surface area (Å²) < 4.78 is 1.43. The number of likely N-dealkylation sites (N-methyl/N-ethyl adjacent to an activating group) is 1. The Balaban J connectivity index is 1.48. The van der Waals surface area contributed by atoms with Crippen molar-refractivity contribution in [2.45, 2.75) is 32.1 Å². The van der Waals surface area contributed by atoms with Crippen LogP contribution in [0, 0.1) is 0 Å². The monoisotopic (exact) mass is 465 g/mol. The molecule has 1 atom stereocenters. The van der Waals surface area contributed by atoms with E-state index in [1.807, 2.05) is 48.5 Å². The smallest absolute Gasteiger partial charge is 0.272 e. The van der Waals surface area contributed by atoms with Crippen LogP contribution in [0.3, 0.4) is 0 Å². The van der Waals surface area contributed by atoms with Gasteiger partial charge in [-0.1, -0.05) is 60.1 Å². The van der Waals surface area contributed by atoms with E-state index in [4.69, 9.17) is 11.6 Å². The number of nitrogens with one attached hydrogen (secondary N) is 2. The van der Waals surface area contributed by atoms with Crippen LogP contribution in [0.1, 0.15) is 39.0 Å². The molecular formula is C24H24ClN5O3.